The number of nitrogens with one attached hydrogen (secondary N) is 1. The number of hydrogen-bond acceptors (Lipinski definition) is 5. The molecule has 0 unspecified atom stereocenters. The molecule has 0 spiro atoms. The van der Waals surface area contributed by atoms with Crippen LogP contribution in [0, 0.1) is 0 Å². The average molecular weight is 397 g/mol. The van der Waals surface area contributed by atoms with Crippen LogP contribution in [0.3, 0.4) is 0 Å². The van der Waals surface area contributed by atoms with Crippen molar-refractivity contribution < 1.29 is 24.0 Å². The number of para-hydroxylation sites is 1. The third kappa shape index (κ3) is 3.12. The summed E-state index contributed by atoms with van der Waals surface area (Å²) in [5, 5.41) is 13.3. The van der Waals surface area contributed by atoms with Gasteiger partial charge in [0.2, 0.25) is 5.78 Å². The minimum Gasteiger partial charge on any atom is -0.503 e. The Morgan fingerprint density at radius 2 is 2.04 bits per heavy atom. The maximum absolute atomic E-state index is 13.3. The Hall–Kier alpha value is -2.90. The highest BCUT2D eigenvalue weighted by molar-refractivity contribution is 7.10. The van der Waals surface area contributed by atoms with Gasteiger partial charge in [-0.3, -0.25) is 9.59 Å². The number of thiophene rings is 1. The highest BCUT2D eigenvalue weighted by Crippen LogP contribution is 2.40. The Labute approximate surface area is 166 Å². The third-order valence-electron chi connectivity index (χ3n) is 4.86. The lowest BCUT2D eigenvalue weighted by Gasteiger charge is -2.25. The molecular formula is C21H21N2O4S+. The van der Waals surface area contributed by atoms with Crippen LogP contribution in [0.15, 0.2) is 63.6 Å². The van der Waals surface area contributed by atoms with Crippen molar-refractivity contribution in [1.29, 1.82) is 0 Å². The molecule has 0 fully saturated rings. The fraction of sp³-hybridized carbons (Fsp3) is 0.238. The van der Waals surface area contributed by atoms with Crippen molar-refractivity contribution >= 4 is 34.0 Å². The van der Waals surface area contributed by atoms with Gasteiger partial charge in [-0.1, -0.05) is 24.3 Å². The molecule has 4 rings (SSSR count). The Kier molecular flexibility index (Phi) is 4.78. The van der Waals surface area contributed by atoms with E-state index in [4.69, 9.17) is 4.42 Å². The SMILES string of the molecule is C[NH+](C)CCN1C(=O)C(O)=C(C(=O)c2cc3ccccc3o2)[C@@H]1c1cccs1. The van der Waals surface area contributed by atoms with E-state index in [0.29, 0.717) is 18.7 Å². The van der Waals surface area contributed by atoms with Crippen LogP contribution in [0.4, 0.5) is 0 Å². The van der Waals surface area contributed by atoms with Gasteiger partial charge in [0.15, 0.2) is 11.5 Å². The van der Waals surface area contributed by atoms with Crippen LogP contribution in [-0.2, 0) is 4.79 Å². The second-order valence-corrected chi connectivity index (χ2v) is 8.09. The second kappa shape index (κ2) is 7.26. The van der Waals surface area contributed by atoms with E-state index in [1.54, 1.807) is 17.0 Å². The number of quaternary nitrogens is 1. The number of amides is 1. The number of benzene rings is 1. The molecule has 28 heavy (non-hydrogen) atoms. The molecule has 1 aromatic carbocycles. The van der Waals surface area contributed by atoms with Crippen molar-refractivity contribution in [2.75, 3.05) is 27.2 Å². The first-order chi connectivity index (χ1) is 13.5. The van der Waals surface area contributed by atoms with Gasteiger partial charge in [-0.2, -0.15) is 0 Å². The van der Waals surface area contributed by atoms with Crippen LogP contribution >= 0.6 is 11.3 Å². The predicted octanol–water partition coefficient (Wildman–Crippen LogP) is 2.22. The number of hydrogen-bond donors (Lipinski definition) is 2. The van der Waals surface area contributed by atoms with Gasteiger partial charge in [0.05, 0.1) is 38.8 Å². The molecule has 3 heterocycles. The van der Waals surface area contributed by atoms with Crippen LogP contribution < -0.4 is 4.90 Å². The van der Waals surface area contributed by atoms with Crippen molar-refractivity contribution in [1.82, 2.24) is 4.90 Å². The van der Waals surface area contributed by atoms with E-state index in [9.17, 15) is 14.7 Å². The minimum atomic E-state index is -0.604. The number of carbonyl (C=O) groups is 2. The second-order valence-electron chi connectivity index (χ2n) is 7.11. The first kappa shape index (κ1) is 18.5. The van der Waals surface area contributed by atoms with E-state index in [2.05, 4.69) is 0 Å². The topological polar surface area (TPSA) is 75.2 Å². The van der Waals surface area contributed by atoms with E-state index in [-0.39, 0.29) is 11.3 Å². The number of rotatable bonds is 6. The summed E-state index contributed by atoms with van der Waals surface area (Å²) in [6, 6.07) is 12.1. The average Bonchev–Trinajstić information content (AvgIpc) is 3.39. The van der Waals surface area contributed by atoms with E-state index < -0.39 is 23.5 Å². The number of fused-ring (bicyclic) bond motifs is 1. The molecule has 7 heteroatoms. The van der Waals surface area contributed by atoms with E-state index in [0.717, 1.165) is 10.3 Å². The van der Waals surface area contributed by atoms with E-state index in [1.807, 2.05) is 49.8 Å². The Balaban J connectivity index is 1.76. The largest absolute Gasteiger partial charge is 0.503 e. The molecule has 3 aromatic rings. The highest BCUT2D eigenvalue weighted by Gasteiger charge is 2.45. The number of likely N-dealkylation sites (N-methyl/N-ethyl adjacent to an activating group) is 1. The summed E-state index contributed by atoms with van der Waals surface area (Å²) in [5.74, 6) is -1.34. The monoisotopic (exact) mass is 397 g/mol. The first-order valence-electron chi connectivity index (χ1n) is 9.07. The molecule has 0 radical (unpaired) electrons. The van der Waals surface area contributed by atoms with Crippen LogP contribution in [0.1, 0.15) is 21.5 Å². The van der Waals surface area contributed by atoms with Crippen molar-refractivity contribution in [3.63, 3.8) is 0 Å². The lowest BCUT2D eigenvalue weighted by molar-refractivity contribution is -0.857. The fourth-order valence-electron chi connectivity index (χ4n) is 3.43. The maximum atomic E-state index is 13.3. The summed E-state index contributed by atoms with van der Waals surface area (Å²) in [6.07, 6.45) is 0. The number of ketones is 1. The van der Waals surface area contributed by atoms with Gasteiger partial charge < -0.3 is 19.3 Å². The zero-order chi connectivity index (χ0) is 19.8. The molecule has 144 valence electrons. The van der Waals surface area contributed by atoms with Gasteiger partial charge in [-0.25, -0.2) is 0 Å². The van der Waals surface area contributed by atoms with Crippen molar-refractivity contribution in [3.05, 3.63) is 69.8 Å². The van der Waals surface area contributed by atoms with Crippen LogP contribution in [0.2, 0.25) is 0 Å². The standard InChI is InChI=1S/C21H20N2O4S/c1-22(2)9-10-23-18(16-8-5-11-28-16)17(20(25)21(23)26)19(24)15-12-13-6-3-4-7-14(13)27-15/h3-8,11-12,18,25H,9-10H2,1-2H3/p+1/t18-/m0/s1. The lowest BCUT2D eigenvalue weighted by atomic mass is 10.00. The third-order valence-corrected chi connectivity index (χ3v) is 5.79. The Bertz CT molecular complexity index is 1030. The summed E-state index contributed by atoms with van der Waals surface area (Å²) in [6.45, 7) is 1.14. The molecule has 0 saturated heterocycles. The van der Waals surface area contributed by atoms with Gasteiger partial charge in [0.25, 0.3) is 5.91 Å². The number of Topliss-reactive ketones (excluding diaryl/α,β-unsaturated/α-hetero) is 1. The summed E-state index contributed by atoms with van der Waals surface area (Å²) in [7, 11) is 3.99. The summed E-state index contributed by atoms with van der Waals surface area (Å²) in [5.41, 5.74) is 0.677. The molecule has 1 aliphatic rings. The molecule has 2 aromatic heterocycles. The summed E-state index contributed by atoms with van der Waals surface area (Å²) < 4.78 is 5.70. The quantitative estimate of drug-likeness (QED) is 0.626. The minimum absolute atomic E-state index is 0.0836. The van der Waals surface area contributed by atoms with Crippen molar-refractivity contribution in [3.8, 4) is 0 Å². The Morgan fingerprint density at radius 1 is 1.25 bits per heavy atom. The fourth-order valence-corrected chi connectivity index (χ4v) is 4.27. The van der Waals surface area contributed by atoms with Crippen molar-refractivity contribution in [2.24, 2.45) is 0 Å². The van der Waals surface area contributed by atoms with Gasteiger partial charge in [0.1, 0.15) is 5.58 Å². The van der Waals surface area contributed by atoms with E-state index in [1.165, 1.54) is 16.2 Å². The number of furan rings is 1. The van der Waals surface area contributed by atoms with Gasteiger partial charge in [-0.05, 0) is 23.6 Å². The highest BCUT2D eigenvalue weighted by atomic mass is 32.1. The first-order valence-corrected chi connectivity index (χ1v) is 9.95. The maximum Gasteiger partial charge on any atom is 0.290 e. The normalized spacial score (nSPS) is 17.3. The van der Waals surface area contributed by atoms with Gasteiger partial charge >= 0.3 is 0 Å². The molecular weight excluding hydrogens is 376 g/mol. The van der Waals surface area contributed by atoms with E-state index >= 15 is 0 Å². The predicted molar refractivity (Wildman–Crippen MR) is 107 cm³/mol. The zero-order valence-corrected chi connectivity index (χ0v) is 16.5. The molecule has 1 aliphatic heterocycles. The van der Waals surface area contributed by atoms with Gasteiger partial charge in [-0.15, -0.1) is 11.3 Å². The molecule has 1 amide bonds. The summed E-state index contributed by atoms with van der Waals surface area (Å²) in [4.78, 5) is 29.6. The molecule has 6 nitrogen and oxygen atoms in total. The molecule has 0 saturated carbocycles. The number of nitrogens with zero attached hydrogens (tertiary/aromatic N) is 1. The molecule has 0 aliphatic carbocycles. The van der Waals surface area contributed by atoms with Gasteiger partial charge in [0, 0.05) is 10.3 Å². The smallest absolute Gasteiger partial charge is 0.290 e. The lowest BCUT2D eigenvalue weighted by Crippen LogP contribution is -3.06. The number of aliphatic hydroxyl groups excluding tert-OH is 1. The van der Waals surface area contributed by atoms with Crippen molar-refractivity contribution in [2.45, 2.75) is 6.04 Å². The summed E-state index contributed by atoms with van der Waals surface area (Å²) >= 11 is 1.45. The number of aliphatic hydroxyl groups is 1. The Morgan fingerprint density at radius 3 is 2.71 bits per heavy atom. The van der Waals surface area contributed by atoms with Crippen LogP contribution in [-0.4, -0.2) is 48.9 Å². The van der Waals surface area contributed by atoms with Crippen LogP contribution in [0.5, 0.6) is 0 Å². The molecule has 0 bridgehead atoms. The molecule has 2 N–H and O–H groups in total. The molecule has 1 atom stereocenters. The van der Waals surface area contributed by atoms with Crippen LogP contribution in [0.25, 0.3) is 11.0 Å². The number of carbonyl (C=O) groups excluding carboxylic acids is 2. The zero-order valence-electron chi connectivity index (χ0n) is 15.6.